The van der Waals surface area contributed by atoms with Crippen molar-refractivity contribution in [1.29, 1.82) is 0 Å². The molecule has 0 aliphatic carbocycles. The van der Waals surface area contributed by atoms with Gasteiger partial charge in [-0.25, -0.2) is 0 Å². The molecule has 144 valence electrons. The molecule has 5 nitrogen and oxygen atoms in total. The molecule has 0 spiro atoms. The molecule has 27 heavy (non-hydrogen) atoms. The van der Waals surface area contributed by atoms with E-state index in [4.69, 9.17) is 4.74 Å². The second-order valence-corrected chi connectivity index (χ2v) is 7.58. The van der Waals surface area contributed by atoms with Crippen LogP contribution in [-0.4, -0.2) is 51.4 Å². The van der Waals surface area contributed by atoms with Gasteiger partial charge in [0.25, 0.3) is 0 Å². The Bertz CT molecular complexity index is 790. The second kappa shape index (κ2) is 8.65. The van der Waals surface area contributed by atoms with Crippen molar-refractivity contribution in [1.82, 2.24) is 0 Å². The molecule has 0 radical (unpaired) electrons. The van der Waals surface area contributed by atoms with Crippen molar-refractivity contribution in [2.24, 2.45) is 0 Å². The van der Waals surface area contributed by atoms with Gasteiger partial charge in [0.1, 0.15) is 30.5 Å². The molecule has 2 aromatic carbocycles. The van der Waals surface area contributed by atoms with E-state index in [-0.39, 0.29) is 0 Å². The van der Waals surface area contributed by atoms with Gasteiger partial charge in [0.05, 0.1) is 6.61 Å². The van der Waals surface area contributed by atoms with Gasteiger partial charge in [0.2, 0.25) is 0 Å². The quantitative estimate of drug-likeness (QED) is 0.579. The van der Waals surface area contributed by atoms with Crippen LogP contribution in [0.15, 0.2) is 53.5 Å². The first kappa shape index (κ1) is 20.2. The lowest BCUT2D eigenvalue weighted by Crippen LogP contribution is -2.55. The number of benzene rings is 2. The van der Waals surface area contributed by atoms with Crippen LogP contribution in [0.4, 0.5) is 0 Å². The Morgan fingerprint density at radius 3 is 2.33 bits per heavy atom. The fourth-order valence-electron chi connectivity index (χ4n) is 3.28. The largest absolute Gasteiger partial charge is 0.394 e. The summed E-state index contributed by atoms with van der Waals surface area (Å²) in [4.78, 5) is 0. The summed E-state index contributed by atoms with van der Waals surface area (Å²) in [6, 6.07) is 13.6. The Morgan fingerprint density at radius 2 is 1.70 bits per heavy atom. The van der Waals surface area contributed by atoms with E-state index in [1.54, 1.807) is 12.1 Å². The zero-order chi connectivity index (χ0) is 19.6. The van der Waals surface area contributed by atoms with E-state index in [9.17, 15) is 20.4 Å². The number of rotatable bonds is 5. The van der Waals surface area contributed by atoms with Crippen molar-refractivity contribution >= 4 is 22.0 Å². The predicted octanol–water partition coefficient (Wildman–Crippen LogP) is 2.20. The third kappa shape index (κ3) is 4.32. The monoisotopic (exact) mass is 434 g/mol. The second-order valence-electron chi connectivity index (χ2n) is 6.72. The maximum Gasteiger partial charge on any atom is 0.113 e. The van der Waals surface area contributed by atoms with Crippen LogP contribution in [0.1, 0.15) is 28.4 Å². The molecule has 0 aromatic heterocycles. The molecular weight excluding hydrogens is 412 g/mol. The van der Waals surface area contributed by atoms with E-state index in [1.807, 2.05) is 36.4 Å². The van der Waals surface area contributed by atoms with Crippen LogP contribution < -0.4 is 0 Å². The predicted molar refractivity (Wildman–Crippen MR) is 106 cm³/mol. The third-order valence-electron chi connectivity index (χ3n) is 4.90. The number of hydrogen-bond donors (Lipinski definition) is 4. The normalized spacial score (nSPS) is 28.1. The van der Waals surface area contributed by atoms with Gasteiger partial charge < -0.3 is 25.2 Å². The number of hydrogen-bond acceptors (Lipinski definition) is 5. The summed E-state index contributed by atoms with van der Waals surface area (Å²) in [5, 5.41) is 39.7. The molecule has 1 aliphatic heterocycles. The summed E-state index contributed by atoms with van der Waals surface area (Å²) in [7, 11) is 0. The van der Waals surface area contributed by atoms with Crippen molar-refractivity contribution in [3.05, 3.63) is 75.8 Å². The van der Waals surface area contributed by atoms with Crippen LogP contribution in [0.25, 0.3) is 6.08 Å². The molecule has 0 unspecified atom stereocenters. The van der Waals surface area contributed by atoms with Crippen molar-refractivity contribution in [2.45, 2.75) is 36.9 Å². The highest BCUT2D eigenvalue weighted by atomic mass is 79.9. The average Bonchev–Trinajstić information content (AvgIpc) is 2.69. The van der Waals surface area contributed by atoms with Crippen LogP contribution in [0.5, 0.6) is 0 Å². The van der Waals surface area contributed by atoms with E-state index >= 15 is 0 Å². The Kier molecular flexibility index (Phi) is 6.47. The van der Waals surface area contributed by atoms with Crippen LogP contribution >= 0.6 is 15.9 Å². The van der Waals surface area contributed by atoms with Gasteiger partial charge in [-0.05, 0) is 34.7 Å². The minimum Gasteiger partial charge on any atom is -0.394 e. The molecule has 5 atom stereocenters. The number of ether oxygens (including phenoxy) is 1. The number of aliphatic hydroxyl groups excluding tert-OH is 4. The molecule has 1 saturated heterocycles. The minimum absolute atomic E-state index is 0.444. The van der Waals surface area contributed by atoms with Crippen molar-refractivity contribution in [3.63, 3.8) is 0 Å². The molecule has 6 heteroatoms. The lowest BCUT2D eigenvalue weighted by molar-refractivity contribution is -0.231. The number of aliphatic hydroxyl groups is 4. The molecule has 1 aliphatic rings. The lowest BCUT2D eigenvalue weighted by Gasteiger charge is -2.40. The van der Waals surface area contributed by atoms with Gasteiger partial charge in [0, 0.05) is 4.47 Å². The van der Waals surface area contributed by atoms with Crippen molar-refractivity contribution in [3.8, 4) is 0 Å². The Hall–Kier alpha value is -1.54. The highest BCUT2D eigenvalue weighted by Gasteiger charge is 2.43. The molecule has 3 rings (SSSR count). The zero-order valence-corrected chi connectivity index (χ0v) is 16.3. The van der Waals surface area contributed by atoms with Gasteiger partial charge in [0.15, 0.2) is 0 Å². The Labute approximate surface area is 166 Å². The standard InChI is InChI=1S/C21H23BrO5/c1-2-12-3-5-13(6-4-12)9-15-10-14(7-8-16(15)22)21-20(26)19(25)18(24)17(11-23)27-21/h2-8,10,17-21,23-26H,1,9,11H2/t17-,18-,19+,20-,21+/m1/s1. The van der Waals surface area contributed by atoms with E-state index in [0.29, 0.717) is 12.0 Å². The van der Waals surface area contributed by atoms with E-state index in [2.05, 4.69) is 22.5 Å². The molecule has 0 bridgehead atoms. The first-order valence-corrected chi connectivity index (χ1v) is 9.54. The van der Waals surface area contributed by atoms with E-state index < -0.39 is 37.1 Å². The van der Waals surface area contributed by atoms with Gasteiger partial charge in [-0.15, -0.1) is 0 Å². The fraction of sp³-hybridized carbons (Fsp3) is 0.333. The fourth-order valence-corrected chi connectivity index (χ4v) is 3.66. The van der Waals surface area contributed by atoms with Gasteiger partial charge >= 0.3 is 0 Å². The molecular formula is C21H23BrO5. The van der Waals surface area contributed by atoms with Crippen molar-refractivity contribution in [2.75, 3.05) is 6.61 Å². The maximum atomic E-state index is 10.3. The van der Waals surface area contributed by atoms with Gasteiger partial charge in [-0.2, -0.15) is 0 Å². The zero-order valence-electron chi connectivity index (χ0n) is 14.7. The summed E-state index contributed by atoms with van der Waals surface area (Å²) >= 11 is 3.55. The molecule has 0 amide bonds. The summed E-state index contributed by atoms with van der Waals surface area (Å²) in [6.07, 6.45) is -3.34. The molecule has 1 fully saturated rings. The van der Waals surface area contributed by atoms with E-state index in [1.165, 1.54) is 0 Å². The minimum atomic E-state index is -1.39. The van der Waals surface area contributed by atoms with Gasteiger partial charge in [-0.3, -0.25) is 0 Å². The Morgan fingerprint density at radius 1 is 1.00 bits per heavy atom. The van der Waals surface area contributed by atoms with Crippen LogP contribution in [0.3, 0.4) is 0 Å². The first-order chi connectivity index (χ1) is 12.9. The smallest absolute Gasteiger partial charge is 0.113 e. The average molecular weight is 435 g/mol. The topological polar surface area (TPSA) is 90.2 Å². The Balaban J connectivity index is 1.86. The summed E-state index contributed by atoms with van der Waals surface area (Å²) in [5.74, 6) is 0. The molecule has 4 N–H and O–H groups in total. The highest BCUT2D eigenvalue weighted by Crippen LogP contribution is 2.34. The summed E-state index contributed by atoms with van der Waals surface area (Å²) in [5.41, 5.74) is 3.84. The molecule has 1 heterocycles. The van der Waals surface area contributed by atoms with Crippen molar-refractivity contribution < 1.29 is 25.2 Å². The van der Waals surface area contributed by atoms with E-state index in [0.717, 1.165) is 21.2 Å². The third-order valence-corrected chi connectivity index (χ3v) is 5.67. The summed E-state index contributed by atoms with van der Waals surface area (Å²) in [6.45, 7) is 3.31. The van der Waals surface area contributed by atoms with Crippen LogP contribution in [0, 0.1) is 0 Å². The maximum absolute atomic E-state index is 10.3. The SMILES string of the molecule is C=Cc1ccc(Cc2cc([C@@H]3O[C@H](CO)[C@@H](O)[C@H](O)[C@H]3O)ccc2Br)cc1. The van der Waals surface area contributed by atoms with Crippen LogP contribution in [0.2, 0.25) is 0 Å². The van der Waals surface area contributed by atoms with Crippen LogP contribution in [-0.2, 0) is 11.2 Å². The lowest BCUT2D eigenvalue weighted by atomic mass is 9.90. The highest BCUT2D eigenvalue weighted by molar-refractivity contribution is 9.10. The molecule has 2 aromatic rings. The summed E-state index contributed by atoms with van der Waals surface area (Å²) < 4.78 is 6.58. The van der Waals surface area contributed by atoms with Gasteiger partial charge in [-0.1, -0.05) is 65.0 Å². The number of halogens is 1. The first-order valence-electron chi connectivity index (χ1n) is 8.74. The molecule has 0 saturated carbocycles.